The molecule has 0 saturated heterocycles. The fourth-order valence-electron chi connectivity index (χ4n) is 0. The first-order valence-corrected chi connectivity index (χ1v) is 0. The third-order valence-electron chi connectivity index (χ3n) is 0. The topological polar surface area (TPSA) is 200 Å². The minimum atomic E-state index is 0. The largest absolute Gasteiger partial charge is 4.00 e. The van der Waals surface area contributed by atoms with Crippen LogP contribution in [0.5, 0.6) is 0 Å². The summed E-state index contributed by atoms with van der Waals surface area (Å²) in [5.74, 6) is 0. The van der Waals surface area contributed by atoms with Crippen molar-refractivity contribution in [2.24, 2.45) is 0 Å². The van der Waals surface area contributed by atoms with Gasteiger partial charge in [-0.15, -0.1) is 0 Å². The molecule has 0 bridgehead atoms. The van der Waals surface area contributed by atoms with E-state index in [1.807, 2.05) is 0 Å². The van der Waals surface area contributed by atoms with E-state index in [4.69, 9.17) is 0 Å². The molecule has 0 atom stereocenters. The van der Waals surface area contributed by atoms with E-state index < -0.39 is 0 Å². The monoisotopic (exact) mass is 710 g/mol. The second-order valence-corrected chi connectivity index (χ2v) is 0. The first-order chi connectivity index (χ1) is 0. The molecule has 0 aromatic carbocycles. The van der Waals surface area contributed by atoms with Crippen molar-refractivity contribution in [2.45, 2.75) is 0 Å². The Bertz CT molecular complexity index is 14.4. The molecule has 7 nitrogen and oxygen atoms in total. The summed E-state index contributed by atoms with van der Waals surface area (Å²) in [6.45, 7) is 0. The summed E-state index contributed by atoms with van der Waals surface area (Å²) >= 11 is 0. The van der Waals surface area contributed by atoms with Gasteiger partial charge in [-0.25, -0.2) is 0 Å². The van der Waals surface area contributed by atoms with Crippen LogP contribution in [0.2, 0.25) is 0 Å². The van der Waals surface area contributed by atoms with Gasteiger partial charge in [0.25, 0.3) is 0 Å². The maximum Gasteiger partial charge on any atom is 4.00 e. The van der Waals surface area contributed by atoms with Gasteiger partial charge in [0, 0.05) is 0 Å². The van der Waals surface area contributed by atoms with Gasteiger partial charge in [0.15, 0.2) is 0 Å². The Kier molecular flexibility index (Phi) is 8610. The molecule has 0 aliphatic heterocycles. The third kappa shape index (κ3) is 227. The number of rotatable bonds is 0. The van der Waals surface area contributed by atoms with Crippen LogP contribution >= 0.6 is 0 Å². The molecule has 0 radical (unpaired) electrons. The molecule has 0 amide bonds. The van der Waals surface area contributed by atoms with E-state index in [1.54, 1.807) is 0 Å². The van der Waals surface area contributed by atoms with Gasteiger partial charge in [-0.3, -0.25) is 0 Å². The molecule has 0 N–H and O–H groups in total. The minimum Gasteiger partial charge on any atom is -2.00 e. The van der Waals surface area contributed by atoms with E-state index in [0.717, 1.165) is 0 Å². The average Bonchev–Trinajstić information content (AvgIpc) is 0. The molecule has 0 fully saturated rings. The van der Waals surface area contributed by atoms with E-state index in [0.29, 0.717) is 0 Å². The van der Waals surface area contributed by atoms with Crippen molar-refractivity contribution < 1.29 is 122 Å². The molecule has 0 aliphatic carbocycles. The number of hydrogen-bond acceptors (Lipinski definition) is 0. The van der Waals surface area contributed by atoms with E-state index in [1.165, 1.54) is 0 Å². The van der Waals surface area contributed by atoms with Crippen LogP contribution in [0.15, 0.2) is 0 Å². The molecular formula is Au2O7Ru2. The van der Waals surface area contributed by atoms with Crippen molar-refractivity contribution in [2.75, 3.05) is 0 Å². The second-order valence-electron chi connectivity index (χ2n) is 0. The molecule has 80 valence electrons. The molecule has 0 rings (SSSR count). The molecule has 11 heteroatoms. The van der Waals surface area contributed by atoms with Crippen molar-refractivity contribution >= 4 is 0 Å². The Morgan fingerprint density at radius 3 is 0.273 bits per heavy atom. The molecule has 0 spiro atoms. The van der Waals surface area contributed by atoms with Crippen LogP contribution in [0.1, 0.15) is 0 Å². The summed E-state index contributed by atoms with van der Waals surface area (Å²) in [6.07, 6.45) is 0. The van der Waals surface area contributed by atoms with Crippen LogP contribution in [0.4, 0.5) is 0 Å². The SMILES string of the molecule is [Au+3].[Au+3].[O-2].[O-2].[O-2].[O-2].[O-2].[O-2].[O-2].[Ru+4].[Ru+4]. The van der Waals surface area contributed by atoms with Crippen LogP contribution < -0.4 is 0 Å². The molecule has 0 heterocycles. The maximum atomic E-state index is 0. The molecule has 11 heavy (non-hydrogen) atoms. The Morgan fingerprint density at radius 2 is 0.273 bits per heavy atom. The summed E-state index contributed by atoms with van der Waals surface area (Å²) in [4.78, 5) is 0. The van der Waals surface area contributed by atoms with Crippen LogP contribution in [-0.2, 0) is 122 Å². The second kappa shape index (κ2) is 272. The quantitative estimate of drug-likeness (QED) is 0.283. The fourth-order valence-corrected chi connectivity index (χ4v) is 0. The normalized spacial score (nSPS) is 0. The van der Waals surface area contributed by atoms with Crippen LogP contribution in [0, 0.1) is 0 Å². The van der Waals surface area contributed by atoms with Gasteiger partial charge >= 0.3 is 83.7 Å². The zero-order chi connectivity index (χ0) is 0. The first kappa shape index (κ1) is 348. The standard InChI is InChI=1S/2Au.7O.2Ru/q2*+3;7*-2;2*+4. The van der Waals surface area contributed by atoms with Gasteiger partial charge in [-0.05, 0) is 0 Å². The smallest absolute Gasteiger partial charge is 2.00 e. The minimum absolute atomic E-state index is 0. The zero-order valence-electron chi connectivity index (χ0n) is 4.17. The van der Waals surface area contributed by atoms with Crippen molar-refractivity contribution in [3.63, 3.8) is 0 Å². The summed E-state index contributed by atoms with van der Waals surface area (Å²) in [6, 6.07) is 0. The van der Waals surface area contributed by atoms with Crippen molar-refractivity contribution in [3.8, 4) is 0 Å². The molecule has 0 aromatic rings. The van der Waals surface area contributed by atoms with E-state index in [2.05, 4.69) is 0 Å². The van der Waals surface area contributed by atoms with Crippen molar-refractivity contribution in [3.05, 3.63) is 0 Å². The van der Waals surface area contributed by atoms with E-state index >= 15 is 0 Å². The summed E-state index contributed by atoms with van der Waals surface area (Å²) in [5, 5.41) is 0. The Balaban J connectivity index is 0. The maximum absolute atomic E-state index is 0. The fraction of sp³-hybridized carbons (Fsp3) is 0. The Morgan fingerprint density at radius 1 is 0.273 bits per heavy atom. The van der Waals surface area contributed by atoms with Gasteiger partial charge < -0.3 is 38.3 Å². The molecule has 0 aromatic heterocycles. The van der Waals surface area contributed by atoms with Gasteiger partial charge in [-0.1, -0.05) is 0 Å². The first-order valence-electron chi connectivity index (χ1n) is 0. The zero-order valence-corrected chi connectivity index (χ0v) is 12.0. The van der Waals surface area contributed by atoms with Crippen LogP contribution in [0.25, 0.3) is 0 Å². The van der Waals surface area contributed by atoms with Crippen molar-refractivity contribution in [1.82, 2.24) is 0 Å². The molecule has 0 saturated carbocycles. The van der Waals surface area contributed by atoms with E-state index in [-0.39, 0.29) is 122 Å². The Hall–Kier alpha value is 2.45. The molecule has 0 unspecified atom stereocenters. The van der Waals surface area contributed by atoms with Gasteiger partial charge in [0.2, 0.25) is 0 Å². The Labute approximate surface area is 121 Å². The molecular weight excluding hydrogens is 708 g/mol. The van der Waals surface area contributed by atoms with Crippen LogP contribution in [0.3, 0.4) is 0 Å². The average molecular weight is 708 g/mol. The predicted octanol–water partition coefficient (Wildman–Crippen LogP) is -0.842. The summed E-state index contributed by atoms with van der Waals surface area (Å²) in [5.41, 5.74) is 0. The summed E-state index contributed by atoms with van der Waals surface area (Å²) < 4.78 is 0. The predicted molar refractivity (Wildman–Crippen MR) is 4.81 cm³/mol. The number of hydrogen-bond donors (Lipinski definition) is 0. The van der Waals surface area contributed by atoms with Crippen LogP contribution in [-0.4, -0.2) is 0 Å². The molecule has 0 aliphatic rings. The van der Waals surface area contributed by atoms with Gasteiger partial charge in [-0.2, -0.15) is 0 Å². The van der Waals surface area contributed by atoms with Gasteiger partial charge in [0.1, 0.15) is 0 Å². The third-order valence-corrected chi connectivity index (χ3v) is 0. The van der Waals surface area contributed by atoms with Crippen molar-refractivity contribution in [1.29, 1.82) is 0 Å². The summed E-state index contributed by atoms with van der Waals surface area (Å²) in [7, 11) is 0. The van der Waals surface area contributed by atoms with Gasteiger partial charge in [0.05, 0.1) is 0 Å². The van der Waals surface area contributed by atoms with E-state index in [9.17, 15) is 0 Å².